The van der Waals surface area contributed by atoms with Crippen molar-refractivity contribution in [2.75, 3.05) is 11.9 Å². The third kappa shape index (κ3) is 4.59. The second kappa shape index (κ2) is 9.34. The van der Waals surface area contributed by atoms with Crippen LogP contribution in [0.5, 0.6) is 0 Å². The van der Waals surface area contributed by atoms with Crippen LogP contribution in [0.4, 0.5) is 10.5 Å². The zero-order valence-corrected chi connectivity index (χ0v) is 18.8. The van der Waals surface area contributed by atoms with E-state index in [9.17, 15) is 14.4 Å². The van der Waals surface area contributed by atoms with Gasteiger partial charge >= 0.3 is 17.7 Å². The molecule has 2 aromatic heterocycles. The summed E-state index contributed by atoms with van der Waals surface area (Å²) >= 11 is 0. The van der Waals surface area contributed by atoms with E-state index in [0.29, 0.717) is 22.2 Å². The molecule has 0 saturated heterocycles. The Bertz CT molecular complexity index is 1630. The van der Waals surface area contributed by atoms with Crippen molar-refractivity contribution in [3.8, 4) is 0 Å². The standard InChI is InChI=1S/C27H21NO7/c1-2-32-27(31)28-19-8-9-20-17(11-25(30)35-23(20)13-19)14-34-24(29)12-18-15-33-22-10-7-16-5-3-4-6-21(16)26(18)22/h3-11,13,15H,2,12,14H2,1H3,(H,28,31). The van der Waals surface area contributed by atoms with Crippen molar-refractivity contribution in [1.82, 2.24) is 0 Å². The Morgan fingerprint density at radius 3 is 2.63 bits per heavy atom. The van der Waals surface area contributed by atoms with Gasteiger partial charge in [-0.05, 0) is 35.9 Å². The number of esters is 1. The summed E-state index contributed by atoms with van der Waals surface area (Å²) in [4.78, 5) is 36.4. The van der Waals surface area contributed by atoms with Gasteiger partial charge in [-0.3, -0.25) is 10.1 Å². The second-order valence-corrected chi connectivity index (χ2v) is 7.91. The lowest BCUT2D eigenvalue weighted by Crippen LogP contribution is -2.13. The monoisotopic (exact) mass is 471 g/mol. The minimum absolute atomic E-state index is 0.0218. The highest BCUT2D eigenvalue weighted by Crippen LogP contribution is 2.30. The smallest absolute Gasteiger partial charge is 0.411 e. The Morgan fingerprint density at radius 1 is 0.914 bits per heavy atom. The molecule has 35 heavy (non-hydrogen) atoms. The van der Waals surface area contributed by atoms with E-state index in [1.807, 2.05) is 36.4 Å². The lowest BCUT2D eigenvalue weighted by atomic mass is 10.0. The molecule has 1 N–H and O–H groups in total. The molecule has 0 saturated carbocycles. The van der Waals surface area contributed by atoms with Gasteiger partial charge in [0.1, 0.15) is 17.8 Å². The van der Waals surface area contributed by atoms with Crippen molar-refractivity contribution in [2.24, 2.45) is 0 Å². The van der Waals surface area contributed by atoms with E-state index in [4.69, 9.17) is 18.3 Å². The first-order chi connectivity index (χ1) is 17.0. The predicted octanol–water partition coefficient (Wildman–Crippen LogP) is 5.55. The Morgan fingerprint density at radius 2 is 1.77 bits per heavy atom. The molecule has 0 unspecified atom stereocenters. The molecule has 176 valence electrons. The van der Waals surface area contributed by atoms with Crippen molar-refractivity contribution in [3.05, 3.63) is 88.5 Å². The fourth-order valence-electron chi connectivity index (χ4n) is 4.08. The van der Waals surface area contributed by atoms with Gasteiger partial charge in [0.05, 0.1) is 19.3 Å². The zero-order valence-electron chi connectivity index (χ0n) is 18.8. The van der Waals surface area contributed by atoms with Crippen LogP contribution >= 0.6 is 0 Å². The summed E-state index contributed by atoms with van der Waals surface area (Å²) in [5.74, 6) is -0.456. The molecule has 0 bridgehead atoms. The van der Waals surface area contributed by atoms with Crippen molar-refractivity contribution in [1.29, 1.82) is 0 Å². The number of hydrogen-bond donors (Lipinski definition) is 1. The summed E-state index contributed by atoms with van der Waals surface area (Å²) in [6, 6.07) is 17.9. The van der Waals surface area contributed by atoms with Gasteiger partial charge in [0.25, 0.3) is 0 Å². The molecule has 0 radical (unpaired) electrons. The van der Waals surface area contributed by atoms with Gasteiger partial charge < -0.3 is 18.3 Å². The van der Waals surface area contributed by atoms with Crippen LogP contribution in [0.2, 0.25) is 0 Å². The highest BCUT2D eigenvalue weighted by Gasteiger charge is 2.15. The van der Waals surface area contributed by atoms with Crippen LogP contribution in [-0.4, -0.2) is 18.7 Å². The molecule has 1 amide bonds. The molecule has 0 fully saturated rings. The van der Waals surface area contributed by atoms with Crippen LogP contribution < -0.4 is 10.9 Å². The van der Waals surface area contributed by atoms with Crippen molar-refractivity contribution >= 4 is 50.5 Å². The van der Waals surface area contributed by atoms with Gasteiger partial charge in [0, 0.05) is 39.7 Å². The van der Waals surface area contributed by atoms with Crippen LogP contribution in [0.15, 0.2) is 80.6 Å². The highest BCUT2D eigenvalue weighted by molar-refractivity contribution is 6.08. The van der Waals surface area contributed by atoms with E-state index in [0.717, 1.165) is 21.7 Å². The minimum Gasteiger partial charge on any atom is -0.464 e. The molecule has 0 aliphatic rings. The topological polar surface area (TPSA) is 108 Å². The number of ether oxygens (including phenoxy) is 2. The SMILES string of the molecule is CCOC(=O)Nc1ccc2c(COC(=O)Cc3coc4ccc5ccccc5c34)cc(=O)oc2c1. The van der Waals surface area contributed by atoms with E-state index in [2.05, 4.69) is 5.32 Å². The van der Waals surface area contributed by atoms with Crippen LogP contribution in [0.3, 0.4) is 0 Å². The van der Waals surface area contributed by atoms with Gasteiger partial charge in [-0.15, -0.1) is 0 Å². The van der Waals surface area contributed by atoms with Gasteiger partial charge in [0.2, 0.25) is 0 Å². The predicted molar refractivity (Wildman–Crippen MR) is 130 cm³/mol. The first-order valence-electron chi connectivity index (χ1n) is 11.1. The highest BCUT2D eigenvalue weighted by atomic mass is 16.5. The van der Waals surface area contributed by atoms with Crippen LogP contribution in [0.1, 0.15) is 18.1 Å². The molecular weight excluding hydrogens is 450 g/mol. The second-order valence-electron chi connectivity index (χ2n) is 7.91. The van der Waals surface area contributed by atoms with E-state index >= 15 is 0 Å². The number of benzene rings is 3. The number of hydrogen-bond acceptors (Lipinski definition) is 7. The quantitative estimate of drug-likeness (QED) is 0.256. The van der Waals surface area contributed by atoms with Gasteiger partial charge in [-0.2, -0.15) is 0 Å². The van der Waals surface area contributed by atoms with E-state index < -0.39 is 17.7 Å². The van der Waals surface area contributed by atoms with E-state index in [1.165, 1.54) is 12.1 Å². The molecule has 3 aromatic carbocycles. The summed E-state index contributed by atoms with van der Waals surface area (Å²) in [5, 5.41) is 6.08. The summed E-state index contributed by atoms with van der Waals surface area (Å²) in [5.41, 5.74) is 2.00. The molecule has 5 rings (SSSR count). The Labute approximate surface area is 199 Å². The normalized spacial score (nSPS) is 11.1. The zero-order chi connectivity index (χ0) is 24.4. The maximum atomic E-state index is 12.7. The van der Waals surface area contributed by atoms with Crippen LogP contribution in [0.25, 0.3) is 32.7 Å². The molecule has 2 heterocycles. The number of furan rings is 1. The lowest BCUT2D eigenvalue weighted by molar-refractivity contribution is -0.144. The lowest BCUT2D eigenvalue weighted by Gasteiger charge is -2.09. The number of anilines is 1. The molecule has 0 atom stereocenters. The summed E-state index contributed by atoms with van der Waals surface area (Å²) in [6.45, 7) is 1.82. The van der Waals surface area contributed by atoms with Gasteiger partial charge in [-0.1, -0.05) is 30.3 Å². The van der Waals surface area contributed by atoms with Crippen LogP contribution in [-0.2, 0) is 27.3 Å². The van der Waals surface area contributed by atoms with Crippen molar-refractivity contribution in [2.45, 2.75) is 20.0 Å². The summed E-state index contributed by atoms with van der Waals surface area (Å²) in [7, 11) is 0. The van der Waals surface area contributed by atoms with E-state index in [1.54, 1.807) is 25.3 Å². The molecule has 5 aromatic rings. The first-order valence-corrected chi connectivity index (χ1v) is 11.1. The Hall–Kier alpha value is -4.59. The molecule has 0 aliphatic carbocycles. The average Bonchev–Trinajstić information content (AvgIpc) is 3.25. The molecular formula is C27H21NO7. The Balaban J connectivity index is 1.35. The maximum Gasteiger partial charge on any atom is 0.411 e. The third-order valence-corrected chi connectivity index (χ3v) is 5.62. The molecule has 0 spiro atoms. The minimum atomic E-state index is -0.612. The third-order valence-electron chi connectivity index (χ3n) is 5.62. The molecule has 8 nitrogen and oxygen atoms in total. The fourth-order valence-corrected chi connectivity index (χ4v) is 4.08. The van der Waals surface area contributed by atoms with Gasteiger partial charge in [0.15, 0.2) is 0 Å². The number of fused-ring (bicyclic) bond motifs is 4. The number of amides is 1. The number of carbonyl (C=O) groups is 2. The maximum absolute atomic E-state index is 12.7. The largest absolute Gasteiger partial charge is 0.464 e. The van der Waals surface area contributed by atoms with Gasteiger partial charge in [-0.25, -0.2) is 9.59 Å². The summed E-state index contributed by atoms with van der Waals surface area (Å²) in [6.07, 6.45) is 0.982. The fraction of sp³-hybridized carbons (Fsp3) is 0.148. The average molecular weight is 471 g/mol. The molecule has 8 heteroatoms. The number of rotatable bonds is 6. The van der Waals surface area contributed by atoms with Crippen molar-refractivity contribution < 1.29 is 27.9 Å². The molecule has 0 aliphatic heterocycles. The van der Waals surface area contributed by atoms with E-state index in [-0.39, 0.29) is 25.2 Å². The Kier molecular flexibility index (Phi) is 5.93. The number of carbonyl (C=O) groups excluding carboxylic acids is 2. The van der Waals surface area contributed by atoms with Crippen LogP contribution in [0, 0.1) is 0 Å². The summed E-state index contributed by atoms with van der Waals surface area (Å²) < 4.78 is 21.3. The first kappa shape index (κ1) is 22.2. The van der Waals surface area contributed by atoms with Crippen molar-refractivity contribution in [3.63, 3.8) is 0 Å². The number of nitrogens with one attached hydrogen (secondary N) is 1.